The number of benzene rings is 1. The molecule has 174 valence electrons. The lowest BCUT2D eigenvalue weighted by Gasteiger charge is -2.17. The topological polar surface area (TPSA) is 49.4 Å². The largest absolute Gasteiger partial charge is 0.779 e. The quantitative estimate of drug-likeness (QED) is 0.0928. The van der Waals surface area contributed by atoms with Crippen LogP contribution in [0.5, 0.6) is 0 Å². The maximum absolute atomic E-state index is 10.9. The lowest BCUT2D eigenvalue weighted by atomic mass is 10.0. The molecular weight excluding hydrogens is 506 g/mol. The SMILES string of the molecule is [2H]c1c([2H])c(CCCCCCCCCCCCCCCCCCOP(C)(=O)[O-])c([2H])c([2H])c1I. The molecule has 1 aromatic rings. The minimum absolute atomic E-state index is 0.0892. The van der Waals surface area contributed by atoms with Crippen LogP contribution in [-0.4, -0.2) is 13.3 Å². The zero-order chi connectivity index (χ0) is 25.4. The van der Waals surface area contributed by atoms with Gasteiger partial charge in [-0.1, -0.05) is 102 Å². The van der Waals surface area contributed by atoms with E-state index >= 15 is 0 Å². The third-order valence-electron chi connectivity index (χ3n) is 5.29. The highest BCUT2D eigenvalue weighted by atomic mass is 127. The number of rotatable bonds is 20. The lowest BCUT2D eigenvalue weighted by Crippen LogP contribution is -2.03. The van der Waals surface area contributed by atoms with Crippen molar-refractivity contribution in [2.45, 2.75) is 109 Å². The van der Waals surface area contributed by atoms with Gasteiger partial charge in [-0.05, 0) is 59.5 Å². The van der Waals surface area contributed by atoms with Crippen molar-refractivity contribution in [2.75, 3.05) is 13.3 Å². The molecule has 0 saturated heterocycles. The van der Waals surface area contributed by atoms with Crippen molar-refractivity contribution < 1.29 is 19.5 Å². The van der Waals surface area contributed by atoms with Gasteiger partial charge in [-0.15, -0.1) is 0 Å². The average molecular weight is 554 g/mol. The fraction of sp³-hybridized carbons (Fsp3) is 0.760. The van der Waals surface area contributed by atoms with E-state index < -0.39 is 7.60 Å². The minimum atomic E-state index is -3.55. The molecule has 1 aromatic carbocycles. The number of halogens is 1. The second-order valence-corrected chi connectivity index (χ2v) is 11.2. The van der Waals surface area contributed by atoms with Crippen molar-refractivity contribution in [1.82, 2.24) is 0 Å². The normalized spacial score (nSPS) is 15.3. The first kappa shape index (κ1) is 21.9. The van der Waals surface area contributed by atoms with Crippen LogP contribution in [0.15, 0.2) is 24.2 Å². The highest BCUT2D eigenvalue weighted by molar-refractivity contribution is 14.1. The molecule has 0 aromatic heterocycles. The first-order valence-electron chi connectivity index (χ1n) is 13.8. The van der Waals surface area contributed by atoms with E-state index in [4.69, 9.17) is 10.0 Å². The maximum atomic E-state index is 10.9. The molecule has 3 nitrogen and oxygen atoms in total. The summed E-state index contributed by atoms with van der Waals surface area (Å²) in [5.74, 6) is 0. The summed E-state index contributed by atoms with van der Waals surface area (Å²) < 4.78 is 48.1. The van der Waals surface area contributed by atoms with Gasteiger partial charge in [0.15, 0.2) is 0 Å². The zero-order valence-corrected chi connectivity index (χ0v) is 21.8. The Morgan fingerprint density at radius 3 is 1.53 bits per heavy atom. The number of hydrogen-bond acceptors (Lipinski definition) is 3. The van der Waals surface area contributed by atoms with Gasteiger partial charge >= 0.3 is 0 Å². The minimum Gasteiger partial charge on any atom is -0.779 e. The van der Waals surface area contributed by atoms with Gasteiger partial charge in [-0.2, -0.15) is 0 Å². The molecule has 0 fully saturated rings. The van der Waals surface area contributed by atoms with Crippen LogP contribution in [0.25, 0.3) is 0 Å². The predicted octanol–water partition coefficient (Wildman–Crippen LogP) is 8.28. The molecule has 0 aliphatic carbocycles. The van der Waals surface area contributed by atoms with Gasteiger partial charge in [0.1, 0.15) is 7.60 Å². The Balaban J connectivity index is 1.89. The number of hydrogen-bond donors (Lipinski definition) is 0. The Hall–Kier alpha value is 0.100. The maximum Gasteiger partial charge on any atom is 0.131 e. The fourth-order valence-electron chi connectivity index (χ4n) is 3.56. The van der Waals surface area contributed by atoms with E-state index in [1.165, 1.54) is 70.6 Å². The molecule has 0 aliphatic rings. The second kappa shape index (κ2) is 18.7. The van der Waals surface area contributed by atoms with E-state index in [-0.39, 0.29) is 24.2 Å². The van der Waals surface area contributed by atoms with Crippen molar-refractivity contribution >= 4 is 30.2 Å². The summed E-state index contributed by atoms with van der Waals surface area (Å²) in [5, 5.41) is 0. The highest BCUT2D eigenvalue weighted by Gasteiger charge is 1.99. The van der Waals surface area contributed by atoms with Gasteiger partial charge in [0.25, 0.3) is 0 Å². The van der Waals surface area contributed by atoms with Crippen LogP contribution in [0, 0.1) is 3.57 Å². The standard InChI is InChI=1S/C25H44IO3P/c1-30(27,28)29-23-17-15-13-11-9-7-5-3-2-4-6-8-10-12-14-16-18-24-19-21-25(26)22-20-24/h19-22H,2-18,23H2,1H3,(H,27,28)/p-1/i19D,20D,21D,22D. The van der Waals surface area contributed by atoms with Gasteiger partial charge in [-0.25, -0.2) is 0 Å². The van der Waals surface area contributed by atoms with Crippen LogP contribution in [0.1, 0.15) is 114 Å². The van der Waals surface area contributed by atoms with E-state index in [2.05, 4.69) is 0 Å². The van der Waals surface area contributed by atoms with Gasteiger partial charge in [-0.3, -0.25) is 0 Å². The van der Waals surface area contributed by atoms with Gasteiger partial charge in [0.05, 0.1) is 12.1 Å². The summed E-state index contributed by atoms with van der Waals surface area (Å²) in [6.07, 6.45) is 19.7. The van der Waals surface area contributed by atoms with Crippen molar-refractivity contribution in [3.8, 4) is 0 Å². The molecule has 0 heterocycles. The van der Waals surface area contributed by atoms with Crippen LogP contribution >= 0.6 is 30.2 Å². The van der Waals surface area contributed by atoms with E-state index in [1.54, 1.807) is 0 Å². The number of unbranched alkanes of at least 4 members (excludes halogenated alkanes) is 15. The van der Waals surface area contributed by atoms with Crippen LogP contribution < -0.4 is 4.89 Å². The summed E-state index contributed by atoms with van der Waals surface area (Å²) in [7, 11) is -3.55. The molecule has 0 saturated carbocycles. The summed E-state index contributed by atoms with van der Waals surface area (Å²) in [4.78, 5) is 10.9. The van der Waals surface area contributed by atoms with E-state index in [0.717, 1.165) is 38.8 Å². The van der Waals surface area contributed by atoms with Crippen LogP contribution in [0.4, 0.5) is 0 Å². The van der Waals surface area contributed by atoms with Crippen LogP contribution in [0.3, 0.4) is 0 Å². The first-order chi connectivity index (χ1) is 16.1. The fourth-order valence-corrected chi connectivity index (χ4v) is 4.29. The first-order valence-corrected chi connectivity index (χ1v) is 14.9. The summed E-state index contributed by atoms with van der Waals surface area (Å²) in [6.45, 7) is 1.45. The molecule has 0 aliphatic heterocycles. The third kappa shape index (κ3) is 18.8. The predicted molar refractivity (Wildman–Crippen MR) is 136 cm³/mol. The molecule has 0 N–H and O–H groups in total. The van der Waals surface area contributed by atoms with Crippen LogP contribution in [-0.2, 0) is 15.5 Å². The molecule has 30 heavy (non-hydrogen) atoms. The van der Waals surface area contributed by atoms with E-state index in [1.807, 2.05) is 22.6 Å². The van der Waals surface area contributed by atoms with Gasteiger partial charge in [0.2, 0.25) is 0 Å². The van der Waals surface area contributed by atoms with Crippen molar-refractivity contribution in [2.24, 2.45) is 0 Å². The van der Waals surface area contributed by atoms with Gasteiger partial charge < -0.3 is 14.0 Å². The van der Waals surface area contributed by atoms with E-state index in [9.17, 15) is 9.46 Å². The van der Waals surface area contributed by atoms with Crippen molar-refractivity contribution in [1.29, 1.82) is 0 Å². The van der Waals surface area contributed by atoms with Crippen molar-refractivity contribution in [3.63, 3.8) is 0 Å². The molecule has 1 rings (SSSR count). The molecule has 0 bridgehead atoms. The zero-order valence-electron chi connectivity index (χ0n) is 22.8. The summed E-state index contributed by atoms with van der Waals surface area (Å²) >= 11 is 1.89. The van der Waals surface area contributed by atoms with Gasteiger partial charge in [0, 0.05) is 10.2 Å². The Bertz CT molecular complexity index is 729. The summed E-state index contributed by atoms with van der Waals surface area (Å²) in [6, 6.07) is 0.433. The third-order valence-corrected chi connectivity index (χ3v) is 6.48. The molecule has 5 heteroatoms. The molecule has 0 spiro atoms. The molecular formula is C25H43IO3P-. The smallest absolute Gasteiger partial charge is 0.131 e. The van der Waals surface area contributed by atoms with Crippen molar-refractivity contribution in [3.05, 3.63) is 33.3 Å². The molecule has 0 amide bonds. The Morgan fingerprint density at radius 1 is 0.767 bits per heavy atom. The lowest BCUT2D eigenvalue weighted by molar-refractivity contribution is -0.196. The van der Waals surface area contributed by atoms with Crippen LogP contribution in [0.2, 0.25) is 0 Å². The Morgan fingerprint density at radius 2 is 1.13 bits per heavy atom. The highest BCUT2D eigenvalue weighted by Crippen LogP contribution is 2.31. The summed E-state index contributed by atoms with van der Waals surface area (Å²) in [5.41, 5.74) is 0.565. The monoisotopic (exact) mass is 553 g/mol. The Kier molecular flexibility index (Phi) is 13.6. The Labute approximate surface area is 205 Å². The average Bonchev–Trinajstić information content (AvgIpc) is 2.79. The second-order valence-electron chi connectivity index (χ2n) is 8.30. The molecule has 1 unspecified atom stereocenters. The van der Waals surface area contributed by atoms with E-state index in [0.29, 0.717) is 22.2 Å². The molecule has 0 radical (unpaired) electrons. The molecule has 1 atom stereocenters.